The third kappa shape index (κ3) is 57.5. The standard InChI is InChI=1S/C66H114O6/c1-4-7-10-13-16-19-22-25-28-31-34-37-40-43-46-49-52-55-58-64(67)70-61-63(72-66(69)60-57-54-51-48-45-42-39-36-33-30-27-24-21-18-15-12-9-6-3)62-71-65(68)59-56-53-50-47-44-41-38-35-32-29-26-23-20-17-14-11-8-5-2/h10,13,16,19,22,25,28,31,34-39,63H,4-9,11-12,14-15,17-18,20-21,23-24,26-27,29-30,32-33,40-62H2,1-3H3/b13-10-,19-16-,25-22-,31-28-,37-34-,38-35-,39-36-. The molecule has 0 aliphatic heterocycles. The van der Waals surface area contributed by atoms with Gasteiger partial charge in [0.2, 0.25) is 0 Å². The van der Waals surface area contributed by atoms with Crippen molar-refractivity contribution in [1.29, 1.82) is 0 Å². The SMILES string of the molecule is CCC\C=C/C=C\C=C/C=C\C=C/CCCCCCCC(=O)OCC(COC(=O)CCCCCCC/C=C\CCCCCCCCCCC)OC(=O)CCCCCCC/C=C\CCCCCCCCCCC. The largest absolute Gasteiger partial charge is 0.462 e. The second kappa shape index (κ2) is 60.1. The summed E-state index contributed by atoms with van der Waals surface area (Å²) < 4.78 is 16.9. The van der Waals surface area contributed by atoms with Crippen molar-refractivity contribution in [3.05, 3.63) is 85.1 Å². The van der Waals surface area contributed by atoms with Crippen molar-refractivity contribution < 1.29 is 28.6 Å². The van der Waals surface area contributed by atoms with Crippen molar-refractivity contribution in [3.63, 3.8) is 0 Å². The molecule has 0 saturated carbocycles. The molecule has 0 rings (SSSR count). The van der Waals surface area contributed by atoms with E-state index in [2.05, 4.69) is 81.5 Å². The zero-order chi connectivity index (χ0) is 52.2. The van der Waals surface area contributed by atoms with Crippen LogP contribution in [0.15, 0.2) is 85.1 Å². The Bertz CT molecular complexity index is 1380. The van der Waals surface area contributed by atoms with Crippen molar-refractivity contribution in [1.82, 2.24) is 0 Å². The van der Waals surface area contributed by atoms with Crippen LogP contribution in [0, 0.1) is 0 Å². The molecule has 0 fully saturated rings. The Kier molecular flexibility index (Phi) is 57.3. The summed E-state index contributed by atoms with van der Waals surface area (Å²) in [5.41, 5.74) is 0. The predicted molar refractivity (Wildman–Crippen MR) is 311 cm³/mol. The maximum Gasteiger partial charge on any atom is 0.306 e. The fraction of sp³-hybridized carbons (Fsp3) is 0.742. The fourth-order valence-electron chi connectivity index (χ4n) is 8.58. The molecule has 0 spiro atoms. The van der Waals surface area contributed by atoms with Crippen LogP contribution >= 0.6 is 0 Å². The highest BCUT2D eigenvalue weighted by molar-refractivity contribution is 5.71. The van der Waals surface area contributed by atoms with Gasteiger partial charge in [0.05, 0.1) is 0 Å². The quantitative estimate of drug-likeness (QED) is 0.0199. The van der Waals surface area contributed by atoms with Gasteiger partial charge in [0, 0.05) is 19.3 Å². The third-order valence-corrected chi connectivity index (χ3v) is 13.2. The number of carbonyl (C=O) groups excluding carboxylic acids is 3. The van der Waals surface area contributed by atoms with Crippen LogP contribution in [0.4, 0.5) is 0 Å². The Labute approximate surface area is 445 Å². The van der Waals surface area contributed by atoms with Gasteiger partial charge in [0.15, 0.2) is 6.10 Å². The molecular formula is C66H114O6. The Morgan fingerprint density at radius 3 is 0.875 bits per heavy atom. The minimum Gasteiger partial charge on any atom is -0.462 e. The van der Waals surface area contributed by atoms with Gasteiger partial charge in [-0.15, -0.1) is 0 Å². The van der Waals surface area contributed by atoms with E-state index >= 15 is 0 Å². The molecule has 0 radical (unpaired) electrons. The van der Waals surface area contributed by atoms with Crippen LogP contribution in [0.25, 0.3) is 0 Å². The van der Waals surface area contributed by atoms with Gasteiger partial charge < -0.3 is 14.2 Å². The average Bonchev–Trinajstić information content (AvgIpc) is 3.38. The molecule has 1 atom stereocenters. The lowest BCUT2D eigenvalue weighted by Gasteiger charge is -2.18. The number of hydrogen-bond acceptors (Lipinski definition) is 6. The molecule has 0 bridgehead atoms. The highest BCUT2D eigenvalue weighted by Crippen LogP contribution is 2.15. The van der Waals surface area contributed by atoms with Gasteiger partial charge in [-0.25, -0.2) is 0 Å². The van der Waals surface area contributed by atoms with Gasteiger partial charge in [-0.05, 0) is 89.9 Å². The van der Waals surface area contributed by atoms with E-state index in [9.17, 15) is 14.4 Å². The first-order valence-electron chi connectivity index (χ1n) is 30.7. The highest BCUT2D eigenvalue weighted by Gasteiger charge is 2.19. The predicted octanol–water partition coefficient (Wildman–Crippen LogP) is 20.7. The van der Waals surface area contributed by atoms with Crippen molar-refractivity contribution in [2.24, 2.45) is 0 Å². The van der Waals surface area contributed by atoms with Gasteiger partial charge in [0.25, 0.3) is 0 Å². The molecule has 1 unspecified atom stereocenters. The first-order chi connectivity index (χ1) is 35.5. The number of ether oxygens (including phenoxy) is 3. The van der Waals surface area contributed by atoms with Crippen molar-refractivity contribution in [2.45, 2.75) is 303 Å². The van der Waals surface area contributed by atoms with Crippen LogP contribution in [-0.4, -0.2) is 37.2 Å². The highest BCUT2D eigenvalue weighted by atomic mass is 16.6. The van der Waals surface area contributed by atoms with Crippen molar-refractivity contribution in [2.75, 3.05) is 13.2 Å². The van der Waals surface area contributed by atoms with Gasteiger partial charge in [-0.1, -0.05) is 273 Å². The van der Waals surface area contributed by atoms with E-state index < -0.39 is 6.10 Å². The first-order valence-corrected chi connectivity index (χ1v) is 30.7. The molecule has 72 heavy (non-hydrogen) atoms. The second-order valence-electron chi connectivity index (χ2n) is 20.4. The molecule has 0 amide bonds. The summed E-state index contributed by atoms with van der Waals surface area (Å²) in [5.74, 6) is -0.924. The van der Waals surface area contributed by atoms with E-state index in [1.807, 2.05) is 24.3 Å². The van der Waals surface area contributed by atoms with Crippen LogP contribution < -0.4 is 0 Å². The Morgan fingerprint density at radius 2 is 0.542 bits per heavy atom. The van der Waals surface area contributed by atoms with Crippen LogP contribution in [0.1, 0.15) is 297 Å². The summed E-state index contributed by atoms with van der Waals surface area (Å²) in [6.07, 6.45) is 78.6. The first kappa shape index (κ1) is 68.6. The lowest BCUT2D eigenvalue weighted by Crippen LogP contribution is -2.30. The van der Waals surface area contributed by atoms with Crippen molar-refractivity contribution in [3.8, 4) is 0 Å². The molecule has 0 aliphatic carbocycles. The zero-order valence-electron chi connectivity index (χ0n) is 47.4. The van der Waals surface area contributed by atoms with Crippen LogP contribution in [0.3, 0.4) is 0 Å². The van der Waals surface area contributed by atoms with Crippen LogP contribution in [0.2, 0.25) is 0 Å². The molecule has 0 saturated heterocycles. The molecule has 6 nitrogen and oxygen atoms in total. The number of carbonyl (C=O) groups is 3. The van der Waals surface area contributed by atoms with Crippen molar-refractivity contribution >= 4 is 17.9 Å². The normalized spacial score (nSPS) is 12.7. The van der Waals surface area contributed by atoms with E-state index in [0.717, 1.165) is 103 Å². The van der Waals surface area contributed by atoms with Gasteiger partial charge in [-0.3, -0.25) is 14.4 Å². The number of hydrogen-bond donors (Lipinski definition) is 0. The van der Waals surface area contributed by atoms with Crippen LogP contribution in [-0.2, 0) is 28.6 Å². The van der Waals surface area contributed by atoms with Gasteiger partial charge >= 0.3 is 17.9 Å². The molecule has 6 heteroatoms. The average molecular weight is 1000 g/mol. The zero-order valence-corrected chi connectivity index (χ0v) is 47.4. The topological polar surface area (TPSA) is 78.9 Å². The maximum absolute atomic E-state index is 12.9. The molecule has 0 aromatic rings. The fourth-order valence-corrected chi connectivity index (χ4v) is 8.58. The number of rotatable bonds is 55. The third-order valence-electron chi connectivity index (χ3n) is 13.2. The summed E-state index contributed by atoms with van der Waals surface area (Å²) >= 11 is 0. The van der Waals surface area contributed by atoms with Gasteiger partial charge in [0.1, 0.15) is 13.2 Å². The Morgan fingerprint density at radius 1 is 0.278 bits per heavy atom. The summed E-state index contributed by atoms with van der Waals surface area (Å²) in [7, 11) is 0. The van der Waals surface area contributed by atoms with E-state index in [4.69, 9.17) is 14.2 Å². The Hall–Kier alpha value is -3.41. The summed E-state index contributed by atoms with van der Waals surface area (Å²) in [6, 6.07) is 0. The molecule has 414 valence electrons. The smallest absolute Gasteiger partial charge is 0.306 e. The molecule has 0 heterocycles. The maximum atomic E-state index is 12.9. The van der Waals surface area contributed by atoms with E-state index in [0.29, 0.717) is 19.3 Å². The lowest BCUT2D eigenvalue weighted by atomic mass is 10.1. The number of esters is 3. The summed E-state index contributed by atoms with van der Waals surface area (Å²) in [4.78, 5) is 38.3. The van der Waals surface area contributed by atoms with E-state index in [-0.39, 0.29) is 31.1 Å². The lowest BCUT2D eigenvalue weighted by molar-refractivity contribution is -0.167. The second-order valence-corrected chi connectivity index (χ2v) is 20.4. The molecule has 0 N–H and O–H groups in total. The molecule has 0 aromatic heterocycles. The van der Waals surface area contributed by atoms with Crippen LogP contribution in [0.5, 0.6) is 0 Å². The molecule has 0 aliphatic rings. The summed E-state index contributed by atoms with van der Waals surface area (Å²) in [6.45, 7) is 6.54. The minimum atomic E-state index is -0.797. The number of unbranched alkanes of at least 4 members (excludes halogenated alkanes) is 34. The van der Waals surface area contributed by atoms with E-state index in [1.54, 1.807) is 0 Å². The molecule has 0 aromatic carbocycles. The molecular weight excluding hydrogens is 889 g/mol. The van der Waals surface area contributed by atoms with E-state index in [1.165, 1.54) is 154 Å². The minimum absolute atomic E-state index is 0.0921. The monoisotopic (exact) mass is 1000 g/mol. The Balaban J connectivity index is 4.45. The number of allylic oxidation sites excluding steroid dienone is 14. The van der Waals surface area contributed by atoms with Gasteiger partial charge in [-0.2, -0.15) is 0 Å². The summed E-state index contributed by atoms with van der Waals surface area (Å²) in [5, 5.41) is 0.